The molecule has 2 atom stereocenters. The molecule has 0 amide bonds. The average molecular weight is 315 g/mol. The lowest BCUT2D eigenvalue weighted by Crippen LogP contribution is -2.51. The summed E-state index contributed by atoms with van der Waals surface area (Å²) in [7, 11) is 1.55. The molecule has 1 heterocycles. The number of methoxy groups -OCH3 is 1. The van der Waals surface area contributed by atoms with E-state index in [2.05, 4.69) is 24.8 Å². The zero-order valence-electron chi connectivity index (χ0n) is 13.3. The monoisotopic (exact) mass is 315 g/mol. The van der Waals surface area contributed by atoms with Gasteiger partial charge in [0, 0.05) is 18.1 Å². The summed E-state index contributed by atoms with van der Waals surface area (Å²) in [6, 6.07) is 16.0. The fraction of sp³-hybridized carbons (Fsp3) is 0.278. The number of ether oxygens (including phenoxy) is 2. The Balaban J connectivity index is 0.000000185. The van der Waals surface area contributed by atoms with Crippen LogP contribution in [0.5, 0.6) is 11.5 Å². The second kappa shape index (κ2) is 7.65. The van der Waals surface area contributed by atoms with Gasteiger partial charge in [-0.05, 0) is 18.6 Å². The van der Waals surface area contributed by atoms with Crippen molar-refractivity contribution in [1.82, 2.24) is 0 Å². The summed E-state index contributed by atoms with van der Waals surface area (Å²) < 4.78 is 10.2. The molecule has 0 unspecified atom stereocenters. The first-order valence-corrected chi connectivity index (χ1v) is 7.43. The minimum atomic E-state index is -1.18. The molecule has 5 nitrogen and oxygen atoms in total. The lowest BCUT2D eigenvalue weighted by molar-refractivity contribution is -0.420. The summed E-state index contributed by atoms with van der Waals surface area (Å²) in [5.74, 6) is 0.0430. The Morgan fingerprint density at radius 1 is 1.30 bits per heavy atom. The van der Waals surface area contributed by atoms with Crippen molar-refractivity contribution in [3.8, 4) is 11.5 Å². The fourth-order valence-electron chi connectivity index (χ4n) is 2.25. The number of carboxylic acids is 1. The second-order valence-electron chi connectivity index (χ2n) is 5.42. The van der Waals surface area contributed by atoms with Crippen LogP contribution in [0.2, 0.25) is 0 Å². The third-order valence-corrected chi connectivity index (χ3v) is 3.58. The fourth-order valence-corrected chi connectivity index (χ4v) is 2.25. The Hall–Kier alpha value is -2.53. The van der Waals surface area contributed by atoms with E-state index in [1.807, 2.05) is 18.2 Å². The smallest absolute Gasteiger partial charge is 0.142 e. The molecule has 1 aliphatic rings. The molecule has 3 N–H and O–H groups in total. The van der Waals surface area contributed by atoms with Gasteiger partial charge in [0.25, 0.3) is 0 Å². The standard InChI is InChI=1S/C10H10O4.C8H11N/c1-13-7-3-2-6-4-9(10(11)12)14-8(6)5-7;1-7(9)8-5-3-2-4-6-8/h2-3,5,9H,4H2,1H3,(H,11,12);2-7H,9H2,1H3/t9-;7-/m11/s1. The molecule has 5 heteroatoms. The minimum absolute atomic E-state index is 0.363. The highest BCUT2D eigenvalue weighted by atomic mass is 16.5. The van der Waals surface area contributed by atoms with Gasteiger partial charge in [-0.1, -0.05) is 36.4 Å². The van der Waals surface area contributed by atoms with Gasteiger partial charge < -0.3 is 25.1 Å². The van der Waals surface area contributed by atoms with Crippen LogP contribution in [0, 0.1) is 0 Å². The molecule has 0 saturated carbocycles. The van der Waals surface area contributed by atoms with E-state index >= 15 is 0 Å². The van der Waals surface area contributed by atoms with Crippen LogP contribution in [0.15, 0.2) is 48.5 Å². The van der Waals surface area contributed by atoms with Gasteiger partial charge in [0.2, 0.25) is 0 Å². The van der Waals surface area contributed by atoms with Gasteiger partial charge in [0.05, 0.1) is 13.1 Å². The zero-order valence-corrected chi connectivity index (χ0v) is 13.3. The third-order valence-electron chi connectivity index (χ3n) is 3.58. The van der Waals surface area contributed by atoms with Crippen LogP contribution in [0.4, 0.5) is 0 Å². The topological polar surface area (TPSA) is 86.2 Å². The quantitative estimate of drug-likeness (QED) is 0.905. The van der Waals surface area contributed by atoms with Crippen molar-refractivity contribution in [2.75, 3.05) is 7.11 Å². The summed E-state index contributed by atoms with van der Waals surface area (Å²) in [6.07, 6.45) is -0.501. The molecule has 0 aliphatic carbocycles. The molecule has 122 valence electrons. The SMILES string of the molecule is COc1ccc2c(c1)O[C@@H](C(=O)[O-])C2.C[C@@H]([NH3+])c1ccccc1. The van der Waals surface area contributed by atoms with Crippen LogP contribution < -0.4 is 20.3 Å². The summed E-state index contributed by atoms with van der Waals surface area (Å²) >= 11 is 0. The van der Waals surface area contributed by atoms with Crippen molar-refractivity contribution in [3.05, 3.63) is 59.7 Å². The molecular formula is C18H21NO4. The maximum atomic E-state index is 10.6. The van der Waals surface area contributed by atoms with E-state index in [0.717, 1.165) is 5.56 Å². The highest BCUT2D eigenvalue weighted by Gasteiger charge is 2.23. The van der Waals surface area contributed by atoms with E-state index in [-0.39, 0.29) is 0 Å². The lowest BCUT2D eigenvalue weighted by Gasteiger charge is -2.10. The Kier molecular flexibility index (Phi) is 5.60. The second-order valence-corrected chi connectivity index (χ2v) is 5.42. The van der Waals surface area contributed by atoms with E-state index in [9.17, 15) is 9.90 Å². The van der Waals surface area contributed by atoms with Crippen LogP contribution in [0.1, 0.15) is 24.1 Å². The predicted molar refractivity (Wildman–Crippen MR) is 83.9 cm³/mol. The molecule has 1 aliphatic heterocycles. The van der Waals surface area contributed by atoms with Crippen LogP contribution in [0.25, 0.3) is 0 Å². The molecule has 0 saturated heterocycles. The molecule has 23 heavy (non-hydrogen) atoms. The van der Waals surface area contributed by atoms with E-state index in [4.69, 9.17) is 9.47 Å². The Labute approximate surface area is 135 Å². The number of hydrogen-bond donors (Lipinski definition) is 1. The minimum Gasteiger partial charge on any atom is -0.546 e. The number of aliphatic carboxylic acids is 1. The van der Waals surface area contributed by atoms with E-state index in [0.29, 0.717) is 24.0 Å². The first-order valence-electron chi connectivity index (χ1n) is 7.43. The average Bonchev–Trinajstić information content (AvgIpc) is 2.99. The van der Waals surface area contributed by atoms with E-state index in [1.165, 1.54) is 5.56 Å². The molecule has 3 rings (SSSR count). The number of carbonyl (C=O) groups is 1. The summed E-state index contributed by atoms with van der Waals surface area (Å²) in [5, 5.41) is 10.6. The highest BCUT2D eigenvalue weighted by molar-refractivity contribution is 5.72. The first-order chi connectivity index (χ1) is 11.0. The van der Waals surface area contributed by atoms with E-state index in [1.54, 1.807) is 25.3 Å². The van der Waals surface area contributed by atoms with Crippen molar-refractivity contribution in [1.29, 1.82) is 0 Å². The molecular weight excluding hydrogens is 294 g/mol. The van der Waals surface area contributed by atoms with Gasteiger partial charge in [-0.15, -0.1) is 0 Å². The third kappa shape index (κ3) is 4.47. The maximum Gasteiger partial charge on any atom is 0.142 e. The van der Waals surface area contributed by atoms with Crippen LogP contribution in [0.3, 0.4) is 0 Å². The van der Waals surface area contributed by atoms with Gasteiger partial charge in [0.15, 0.2) is 0 Å². The van der Waals surface area contributed by atoms with Crippen LogP contribution >= 0.6 is 0 Å². The number of carbonyl (C=O) groups excluding carboxylic acids is 1. The number of rotatable bonds is 3. The van der Waals surface area contributed by atoms with Crippen LogP contribution in [-0.4, -0.2) is 19.2 Å². The van der Waals surface area contributed by atoms with Crippen molar-refractivity contribution in [2.45, 2.75) is 25.5 Å². The molecule has 2 aromatic carbocycles. The number of benzene rings is 2. The summed E-state index contributed by atoms with van der Waals surface area (Å²) in [4.78, 5) is 10.6. The summed E-state index contributed by atoms with van der Waals surface area (Å²) in [5.41, 5.74) is 6.09. The Morgan fingerprint density at radius 3 is 2.52 bits per heavy atom. The molecule has 0 spiro atoms. The predicted octanol–water partition coefficient (Wildman–Crippen LogP) is 0.738. The van der Waals surface area contributed by atoms with Crippen molar-refractivity contribution >= 4 is 5.97 Å². The van der Waals surface area contributed by atoms with Gasteiger partial charge in [-0.3, -0.25) is 0 Å². The van der Waals surface area contributed by atoms with Gasteiger partial charge in [-0.2, -0.15) is 0 Å². The van der Waals surface area contributed by atoms with Crippen molar-refractivity contribution in [2.24, 2.45) is 0 Å². The van der Waals surface area contributed by atoms with Crippen LogP contribution in [-0.2, 0) is 11.2 Å². The first kappa shape index (κ1) is 16.8. The van der Waals surface area contributed by atoms with Gasteiger partial charge in [-0.25, -0.2) is 0 Å². The number of carboxylic acid groups (broad SMARTS) is 1. The van der Waals surface area contributed by atoms with Gasteiger partial charge >= 0.3 is 0 Å². The highest BCUT2D eigenvalue weighted by Crippen LogP contribution is 2.32. The zero-order chi connectivity index (χ0) is 16.8. The Bertz CT molecular complexity index is 655. The number of fused-ring (bicyclic) bond motifs is 1. The summed E-state index contributed by atoms with van der Waals surface area (Å²) in [6.45, 7) is 2.09. The maximum absolute atomic E-state index is 10.6. The lowest BCUT2D eigenvalue weighted by atomic mass is 10.1. The van der Waals surface area contributed by atoms with Crippen molar-refractivity contribution in [3.63, 3.8) is 0 Å². The molecule has 0 aromatic heterocycles. The van der Waals surface area contributed by atoms with Crippen molar-refractivity contribution < 1.29 is 25.1 Å². The van der Waals surface area contributed by atoms with E-state index < -0.39 is 12.1 Å². The number of hydrogen-bond acceptors (Lipinski definition) is 4. The normalized spacial score (nSPS) is 16.4. The molecule has 0 bridgehead atoms. The largest absolute Gasteiger partial charge is 0.546 e. The molecule has 0 radical (unpaired) electrons. The van der Waals surface area contributed by atoms with Gasteiger partial charge in [0.1, 0.15) is 23.6 Å². The Morgan fingerprint density at radius 2 is 2.00 bits per heavy atom. The number of quaternary nitrogens is 1. The molecule has 0 fully saturated rings. The molecule has 2 aromatic rings.